The van der Waals surface area contributed by atoms with Gasteiger partial charge < -0.3 is 24.1 Å². The van der Waals surface area contributed by atoms with Gasteiger partial charge >= 0.3 is 24.1 Å². The summed E-state index contributed by atoms with van der Waals surface area (Å²) in [5.74, 6) is -4.19. The van der Waals surface area contributed by atoms with Crippen molar-refractivity contribution < 1.29 is 50.2 Å². The van der Waals surface area contributed by atoms with Crippen LogP contribution in [-0.2, 0) is 24.2 Å². The molecule has 1 aliphatic heterocycles. The van der Waals surface area contributed by atoms with Crippen molar-refractivity contribution >= 4 is 11.9 Å². The zero-order chi connectivity index (χ0) is 28.9. The van der Waals surface area contributed by atoms with E-state index in [1.807, 2.05) is 5.32 Å². The standard InChI is InChI=1S/C23H20F6N4O6/c1-21(19(35)36,9-23(27,28)29)30-17(34)14-5-11(8-22(24,25)26)16-12-7-13(18-31-32-20(37)39-18)15(38-2)6-10(12)3-4-33(14)16/h5-7H,3-4,8-9H2,1-2H3,(H,30,34)(H,32,37)(H,35,36)/t21-/m0/s1. The monoisotopic (exact) mass is 562 g/mol. The molecule has 1 amide bonds. The number of H-pyrrole nitrogens is 1. The number of nitrogens with zero attached hydrogens (tertiary/aromatic N) is 2. The number of carbonyl (C=O) groups excluding carboxylic acids is 1. The first-order chi connectivity index (χ1) is 18.0. The summed E-state index contributed by atoms with van der Waals surface area (Å²) in [7, 11) is 1.32. The second-order valence-corrected chi connectivity index (χ2v) is 9.11. The molecule has 39 heavy (non-hydrogen) atoms. The Labute approximate surface area is 214 Å². The highest BCUT2D eigenvalue weighted by atomic mass is 19.4. The molecule has 0 saturated heterocycles. The maximum atomic E-state index is 13.5. The number of hydrogen-bond acceptors (Lipinski definition) is 6. The van der Waals surface area contributed by atoms with Crippen LogP contribution in [0.1, 0.15) is 35.0 Å². The molecule has 1 atom stereocenters. The van der Waals surface area contributed by atoms with Gasteiger partial charge in [0.1, 0.15) is 17.0 Å². The van der Waals surface area contributed by atoms with Gasteiger partial charge in [-0.15, -0.1) is 5.10 Å². The number of methoxy groups -OCH3 is 1. The van der Waals surface area contributed by atoms with Crippen LogP contribution in [0.3, 0.4) is 0 Å². The number of rotatable bonds is 7. The highest BCUT2D eigenvalue weighted by molar-refractivity contribution is 5.98. The van der Waals surface area contributed by atoms with Crippen molar-refractivity contribution in [3.8, 4) is 28.5 Å². The van der Waals surface area contributed by atoms with Crippen LogP contribution in [-0.4, -0.2) is 56.7 Å². The molecule has 10 nitrogen and oxygen atoms in total. The van der Waals surface area contributed by atoms with Gasteiger partial charge in [-0.3, -0.25) is 4.79 Å². The SMILES string of the molecule is COc1cc2c(cc1-c1n[nH]c(=O)o1)-c1c(CC(F)(F)F)cc(C(=O)N[C@@](C)(CC(F)(F)F)C(=O)O)n1CC2. The van der Waals surface area contributed by atoms with Crippen molar-refractivity contribution in [2.75, 3.05) is 7.11 Å². The number of carbonyl (C=O) groups is 2. The predicted molar refractivity (Wildman–Crippen MR) is 120 cm³/mol. The maximum Gasteiger partial charge on any atom is 0.434 e. The van der Waals surface area contributed by atoms with Gasteiger partial charge in [-0.2, -0.15) is 26.3 Å². The van der Waals surface area contributed by atoms with Gasteiger partial charge in [0.15, 0.2) is 0 Å². The Morgan fingerprint density at radius 2 is 1.85 bits per heavy atom. The Kier molecular flexibility index (Phi) is 6.77. The van der Waals surface area contributed by atoms with Crippen molar-refractivity contribution in [3.05, 3.63) is 45.6 Å². The van der Waals surface area contributed by atoms with Gasteiger partial charge in [-0.05, 0) is 42.7 Å². The van der Waals surface area contributed by atoms with Gasteiger partial charge in [-0.25, -0.2) is 14.7 Å². The quantitative estimate of drug-likeness (QED) is 0.373. The Morgan fingerprint density at radius 1 is 1.15 bits per heavy atom. The second-order valence-electron chi connectivity index (χ2n) is 9.11. The third kappa shape index (κ3) is 5.63. The van der Waals surface area contributed by atoms with E-state index in [1.165, 1.54) is 23.8 Å². The number of ether oxygens (including phenoxy) is 1. The van der Waals surface area contributed by atoms with Crippen LogP contribution in [0.4, 0.5) is 26.3 Å². The molecule has 1 aliphatic rings. The highest BCUT2D eigenvalue weighted by Crippen LogP contribution is 2.42. The van der Waals surface area contributed by atoms with Crippen LogP contribution >= 0.6 is 0 Å². The summed E-state index contributed by atoms with van der Waals surface area (Å²) in [6.45, 7) is 0.606. The Balaban J connectivity index is 1.87. The number of halogens is 6. The zero-order valence-corrected chi connectivity index (χ0v) is 20.2. The zero-order valence-electron chi connectivity index (χ0n) is 20.2. The fourth-order valence-electron chi connectivity index (χ4n) is 4.55. The molecule has 4 rings (SSSR count). The molecular weight excluding hydrogens is 542 g/mol. The highest BCUT2D eigenvalue weighted by Gasteiger charge is 2.46. The molecule has 0 fully saturated rings. The van der Waals surface area contributed by atoms with E-state index in [0.29, 0.717) is 12.5 Å². The molecule has 0 aliphatic carbocycles. The molecule has 0 radical (unpaired) electrons. The molecule has 3 N–H and O–H groups in total. The number of aromatic nitrogens is 3. The van der Waals surface area contributed by atoms with Crippen molar-refractivity contribution in [1.29, 1.82) is 0 Å². The Hall–Kier alpha value is -4.24. The summed E-state index contributed by atoms with van der Waals surface area (Å²) < 4.78 is 91.2. The lowest BCUT2D eigenvalue weighted by molar-refractivity contribution is -0.167. The van der Waals surface area contributed by atoms with E-state index in [0.717, 1.165) is 6.07 Å². The predicted octanol–water partition coefficient (Wildman–Crippen LogP) is 3.69. The number of amides is 1. The summed E-state index contributed by atoms with van der Waals surface area (Å²) in [6, 6.07) is 3.75. The average Bonchev–Trinajstić information content (AvgIpc) is 3.39. The number of benzene rings is 1. The number of aryl methyl sites for hydroxylation is 1. The summed E-state index contributed by atoms with van der Waals surface area (Å²) in [4.78, 5) is 36.2. The summed E-state index contributed by atoms with van der Waals surface area (Å²) in [5, 5.41) is 17.0. The minimum atomic E-state index is -4.96. The summed E-state index contributed by atoms with van der Waals surface area (Å²) >= 11 is 0. The number of carboxylic acids is 1. The van der Waals surface area contributed by atoms with Crippen molar-refractivity contribution in [2.45, 2.75) is 50.6 Å². The van der Waals surface area contributed by atoms with Crippen molar-refractivity contribution in [1.82, 2.24) is 20.1 Å². The lowest BCUT2D eigenvalue weighted by Crippen LogP contribution is -2.54. The minimum absolute atomic E-state index is 0.0496. The lowest BCUT2D eigenvalue weighted by atomic mass is 9.93. The molecule has 0 saturated carbocycles. The third-order valence-electron chi connectivity index (χ3n) is 6.17. The topological polar surface area (TPSA) is 139 Å². The number of hydrogen-bond donors (Lipinski definition) is 3. The molecule has 0 bridgehead atoms. The number of aliphatic carboxylic acids is 1. The van der Waals surface area contributed by atoms with E-state index in [2.05, 4.69) is 10.2 Å². The normalized spacial score (nSPS) is 14.8. The molecule has 0 unspecified atom stereocenters. The van der Waals surface area contributed by atoms with E-state index < -0.39 is 54.1 Å². The van der Waals surface area contributed by atoms with Gasteiger partial charge in [0.05, 0.1) is 31.2 Å². The molecular formula is C23H20F6N4O6. The summed E-state index contributed by atoms with van der Waals surface area (Å²) in [5.41, 5.74) is -2.84. The van der Waals surface area contributed by atoms with Gasteiger partial charge in [0, 0.05) is 12.1 Å². The Bertz CT molecular complexity index is 1500. The van der Waals surface area contributed by atoms with Crippen LogP contribution in [0.2, 0.25) is 0 Å². The average molecular weight is 562 g/mol. The van der Waals surface area contributed by atoms with Crippen LogP contribution in [0.25, 0.3) is 22.7 Å². The maximum absolute atomic E-state index is 13.5. The third-order valence-corrected chi connectivity index (χ3v) is 6.17. The molecule has 3 heterocycles. The number of nitrogens with one attached hydrogen (secondary N) is 2. The molecule has 2 aromatic heterocycles. The fourth-order valence-corrected chi connectivity index (χ4v) is 4.55. The lowest BCUT2D eigenvalue weighted by Gasteiger charge is -2.28. The van der Waals surface area contributed by atoms with Crippen LogP contribution in [0.5, 0.6) is 5.75 Å². The first-order valence-electron chi connectivity index (χ1n) is 11.2. The van der Waals surface area contributed by atoms with Crippen molar-refractivity contribution in [2.24, 2.45) is 0 Å². The van der Waals surface area contributed by atoms with Crippen LogP contribution < -0.4 is 15.8 Å². The number of fused-ring (bicyclic) bond motifs is 3. The van der Waals surface area contributed by atoms with E-state index in [9.17, 15) is 45.8 Å². The first-order valence-corrected chi connectivity index (χ1v) is 11.2. The number of aromatic amines is 1. The van der Waals surface area contributed by atoms with Crippen LogP contribution in [0, 0.1) is 0 Å². The number of alkyl halides is 6. The largest absolute Gasteiger partial charge is 0.496 e. The Morgan fingerprint density at radius 3 is 2.38 bits per heavy atom. The number of carboxylic acid groups (broad SMARTS) is 1. The molecule has 210 valence electrons. The molecule has 0 spiro atoms. The molecule has 16 heteroatoms. The van der Waals surface area contributed by atoms with Gasteiger partial charge in [0.2, 0.25) is 0 Å². The van der Waals surface area contributed by atoms with Gasteiger partial charge in [-0.1, -0.05) is 0 Å². The van der Waals surface area contributed by atoms with E-state index in [-0.39, 0.29) is 47.0 Å². The fraction of sp³-hybridized carbons (Fsp3) is 0.391. The van der Waals surface area contributed by atoms with E-state index in [1.54, 1.807) is 0 Å². The summed E-state index contributed by atoms with van der Waals surface area (Å²) in [6.07, 6.45) is -12.9. The van der Waals surface area contributed by atoms with Crippen molar-refractivity contribution in [3.63, 3.8) is 0 Å². The van der Waals surface area contributed by atoms with E-state index >= 15 is 0 Å². The molecule has 3 aromatic rings. The molecule has 1 aromatic carbocycles. The first kappa shape index (κ1) is 27.8. The van der Waals surface area contributed by atoms with Gasteiger partial charge in [0.25, 0.3) is 11.8 Å². The minimum Gasteiger partial charge on any atom is -0.496 e. The van der Waals surface area contributed by atoms with Crippen LogP contribution in [0.15, 0.2) is 27.4 Å². The second kappa shape index (κ2) is 9.50. The van der Waals surface area contributed by atoms with E-state index in [4.69, 9.17) is 9.15 Å². The smallest absolute Gasteiger partial charge is 0.434 e.